The number of ether oxygens (including phenoxy) is 1. The smallest absolute Gasteiger partial charge is 0.164 e. The third-order valence-electron chi connectivity index (χ3n) is 5.21. The summed E-state index contributed by atoms with van der Waals surface area (Å²) in [6.07, 6.45) is 8.75. The number of rotatable bonds is 5. The Hall–Kier alpha value is -0.370. The van der Waals surface area contributed by atoms with Crippen LogP contribution in [-0.2, 0) is 9.53 Å². The molecule has 17 heavy (non-hydrogen) atoms. The van der Waals surface area contributed by atoms with Crippen molar-refractivity contribution in [3.8, 4) is 0 Å². The van der Waals surface area contributed by atoms with Gasteiger partial charge in [-0.3, -0.25) is 4.79 Å². The zero-order valence-electron chi connectivity index (χ0n) is 10.9. The van der Waals surface area contributed by atoms with E-state index in [1.807, 2.05) is 0 Å². The fraction of sp³-hybridized carbons (Fsp3) is 0.933. The maximum Gasteiger partial charge on any atom is 0.164 e. The molecule has 0 heterocycles. The van der Waals surface area contributed by atoms with Crippen molar-refractivity contribution in [1.29, 1.82) is 0 Å². The van der Waals surface area contributed by atoms with E-state index in [-0.39, 0.29) is 5.41 Å². The van der Waals surface area contributed by atoms with E-state index in [2.05, 4.69) is 6.92 Å². The normalized spacial score (nSPS) is 43.0. The van der Waals surface area contributed by atoms with E-state index in [0.29, 0.717) is 12.4 Å². The lowest BCUT2D eigenvalue weighted by molar-refractivity contribution is -0.148. The van der Waals surface area contributed by atoms with Crippen molar-refractivity contribution < 1.29 is 9.53 Å². The maximum absolute atomic E-state index is 12.4. The number of carbonyl (C=O) groups excluding carboxylic acids is 1. The predicted octanol–water partition coefficient (Wildman–Crippen LogP) is 3.20. The van der Waals surface area contributed by atoms with Crippen molar-refractivity contribution in [3.05, 3.63) is 0 Å². The van der Waals surface area contributed by atoms with Crippen LogP contribution in [0.25, 0.3) is 0 Å². The van der Waals surface area contributed by atoms with Crippen molar-refractivity contribution in [2.75, 3.05) is 13.2 Å². The molecule has 0 amide bonds. The second-order valence-electron chi connectivity index (χ2n) is 6.67. The Morgan fingerprint density at radius 2 is 1.65 bits per heavy atom. The van der Waals surface area contributed by atoms with Crippen LogP contribution in [0.3, 0.4) is 0 Å². The quantitative estimate of drug-likeness (QED) is 0.685. The molecule has 0 aliphatic heterocycles. The fourth-order valence-electron chi connectivity index (χ4n) is 4.91. The second kappa shape index (κ2) is 4.38. The van der Waals surface area contributed by atoms with Crippen LogP contribution in [0.2, 0.25) is 0 Å². The summed E-state index contributed by atoms with van der Waals surface area (Å²) in [6.45, 7) is 3.20. The molecule has 2 nitrogen and oxygen atoms in total. The first kappa shape index (κ1) is 11.7. The van der Waals surface area contributed by atoms with E-state index in [0.717, 1.165) is 30.8 Å². The van der Waals surface area contributed by atoms with E-state index in [4.69, 9.17) is 4.74 Å². The molecule has 4 saturated carbocycles. The Balaban J connectivity index is 1.67. The Morgan fingerprint density at radius 1 is 1.12 bits per heavy atom. The zero-order chi connectivity index (χ0) is 11.9. The van der Waals surface area contributed by atoms with Crippen LogP contribution in [0, 0.1) is 23.2 Å². The molecule has 0 spiro atoms. The highest BCUT2D eigenvalue weighted by molar-refractivity contribution is 5.86. The van der Waals surface area contributed by atoms with E-state index in [1.54, 1.807) is 0 Å². The van der Waals surface area contributed by atoms with Gasteiger partial charge in [-0.15, -0.1) is 0 Å². The van der Waals surface area contributed by atoms with E-state index in [1.165, 1.54) is 38.5 Å². The number of ketones is 1. The molecule has 0 saturated heterocycles. The average molecular weight is 236 g/mol. The molecule has 4 aliphatic carbocycles. The van der Waals surface area contributed by atoms with Gasteiger partial charge in [0.2, 0.25) is 0 Å². The highest BCUT2D eigenvalue weighted by Gasteiger charge is 2.54. The molecule has 2 heteroatoms. The van der Waals surface area contributed by atoms with Gasteiger partial charge >= 0.3 is 0 Å². The third-order valence-corrected chi connectivity index (χ3v) is 5.21. The van der Waals surface area contributed by atoms with Crippen LogP contribution < -0.4 is 0 Å². The summed E-state index contributed by atoms with van der Waals surface area (Å²) in [6, 6.07) is 0. The molecule has 0 N–H and O–H groups in total. The van der Waals surface area contributed by atoms with Gasteiger partial charge in [0.25, 0.3) is 0 Å². The molecule has 4 aliphatic rings. The summed E-state index contributed by atoms with van der Waals surface area (Å²) in [5.41, 5.74) is 0.0441. The molecule has 4 rings (SSSR count). The fourth-order valence-corrected chi connectivity index (χ4v) is 4.91. The molecule has 0 radical (unpaired) electrons. The molecule has 0 aromatic heterocycles. The monoisotopic (exact) mass is 236 g/mol. The van der Waals surface area contributed by atoms with Crippen molar-refractivity contribution in [3.63, 3.8) is 0 Å². The van der Waals surface area contributed by atoms with Gasteiger partial charge < -0.3 is 4.74 Å². The minimum absolute atomic E-state index is 0.0441. The van der Waals surface area contributed by atoms with Gasteiger partial charge in [-0.2, -0.15) is 0 Å². The minimum atomic E-state index is 0.0441. The van der Waals surface area contributed by atoms with E-state index >= 15 is 0 Å². The first-order valence-corrected chi connectivity index (χ1v) is 7.33. The molecule has 96 valence electrons. The Bertz CT molecular complexity index is 273. The molecular formula is C15H24O2. The lowest BCUT2D eigenvalue weighted by Crippen LogP contribution is -2.51. The summed E-state index contributed by atoms with van der Waals surface area (Å²) < 4.78 is 5.48. The van der Waals surface area contributed by atoms with Gasteiger partial charge in [0.1, 0.15) is 6.61 Å². The Labute approximate surface area is 104 Å². The van der Waals surface area contributed by atoms with Crippen LogP contribution in [-0.4, -0.2) is 19.0 Å². The molecule has 4 bridgehead atoms. The lowest BCUT2D eigenvalue weighted by atomic mass is 9.48. The zero-order valence-corrected chi connectivity index (χ0v) is 10.9. The molecule has 4 fully saturated rings. The summed E-state index contributed by atoms with van der Waals surface area (Å²) in [7, 11) is 0. The van der Waals surface area contributed by atoms with Crippen LogP contribution in [0.4, 0.5) is 0 Å². The maximum atomic E-state index is 12.4. The third kappa shape index (κ3) is 2.05. The SMILES string of the molecule is CCCOCC(=O)C12CC3CC(CC(C3)C1)C2. The van der Waals surface area contributed by atoms with Gasteiger partial charge in [-0.25, -0.2) is 0 Å². The first-order chi connectivity index (χ1) is 8.22. The summed E-state index contributed by atoms with van der Waals surface area (Å²) >= 11 is 0. The lowest BCUT2D eigenvalue weighted by Gasteiger charge is -2.55. The summed E-state index contributed by atoms with van der Waals surface area (Å²) in [5.74, 6) is 2.99. The molecule has 0 atom stereocenters. The topological polar surface area (TPSA) is 26.3 Å². The van der Waals surface area contributed by atoms with Gasteiger partial charge in [0, 0.05) is 12.0 Å². The predicted molar refractivity (Wildman–Crippen MR) is 66.7 cm³/mol. The van der Waals surface area contributed by atoms with Crippen LogP contribution in [0.1, 0.15) is 51.9 Å². The molecule has 0 aromatic rings. The number of hydrogen-bond donors (Lipinski definition) is 0. The largest absolute Gasteiger partial charge is 0.374 e. The van der Waals surface area contributed by atoms with Gasteiger partial charge in [0.15, 0.2) is 5.78 Å². The van der Waals surface area contributed by atoms with E-state index in [9.17, 15) is 4.79 Å². The van der Waals surface area contributed by atoms with E-state index < -0.39 is 0 Å². The Morgan fingerprint density at radius 3 is 2.12 bits per heavy atom. The Kier molecular flexibility index (Phi) is 3.02. The van der Waals surface area contributed by atoms with Crippen molar-refractivity contribution in [2.24, 2.45) is 23.2 Å². The van der Waals surface area contributed by atoms with Crippen LogP contribution >= 0.6 is 0 Å². The van der Waals surface area contributed by atoms with Gasteiger partial charge in [0.05, 0.1) is 0 Å². The van der Waals surface area contributed by atoms with Gasteiger partial charge in [-0.05, 0) is 62.7 Å². The number of hydrogen-bond acceptors (Lipinski definition) is 2. The van der Waals surface area contributed by atoms with Crippen LogP contribution in [0.15, 0.2) is 0 Å². The highest BCUT2D eigenvalue weighted by atomic mass is 16.5. The number of Topliss-reactive ketones (excluding diaryl/α,β-unsaturated/α-hetero) is 1. The average Bonchev–Trinajstić information content (AvgIpc) is 2.27. The van der Waals surface area contributed by atoms with Crippen LogP contribution in [0.5, 0.6) is 0 Å². The summed E-state index contributed by atoms with van der Waals surface area (Å²) in [4.78, 5) is 12.4. The van der Waals surface area contributed by atoms with Gasteiger partial charge in [-0.1, -0.05) is 6.92 Å². The highest BCUT2D eigenvalue weighted by Crippen LogP contribution is 2.60. The first-order valence-electron chi connectivity index (χ1n) is 7.33. The van der Waals surface area contributed by atoms with Crippen molar-refractivity contribution in [1.82, 2.24) is 0 Å². The molecule has 0 aromatic carbocycles. The number of carbonyl (C=O) groups is 1. The van der Waals surface area contributed by atoms with Crippen molar-refractivity contribution in [2.45, 2.75) is 51.9 Å². The summed E-state index contributed by atoms with van der Waals surface area (Å²) in [5, 5.41) is 0. The standard InChI is InChI=1S/C15H24O2/c1-2-3-17-10-14(16)15-7-11-4-12(8-15)6-13(5-11)9-15/h11-13H,2-10H2,1H3. The minimum Gasteiger partial charge on any atom is -0.374 e. The second-order valence-corrected chi connectivity index (χ2v) is 6.67. The molecule has 0 unspecified atom stereocenters. The van der Waals surface area contributed by atoms with Crippen molar-refractivity contribution >= 4 is 5.78 Å². The molecular weight excluding hydrogens is 212 g/mol.